The van der Waals surface area contributed by atoms with Gasteiger partial charge in [0, 0.05) is 16.4 Å². The van der Waals surface area contributed by atoms with Crippen LogP contribution >= 0.6 is 15.9 Å². The quantitative estimate of drug-likeness (QED) is 0.516. The Bertz CT molecular complexity index is 247. The van der Waals surface area contributed by atoms with Gasteiger partial charge in [0.2, 0.25) is 0 Å². The third-order valence-electron chi connectivity index (χ3n) is 1.96. The van der Waals surface area contributed by atoms with Crippen molar-refractivity contribution in [3.8, 4) is 0 Å². The van der Waals surface area contributed by atoms with Crippen molar-refractivity contribution in [2.24, 2.45) is 10.9 Å². The van der Waals surface area contributed by atoms with Crippen LogP contribution in [-0.4, -0.2) is 5.71 Å². The summed E-state index contributed by atoms with van der Waals surface area (Å²) in [7, 11) is 0. The summed E-state index contributed by atoms with van der Waals surface area (Å²) >= 11 is 3.39. The maximum absolute atomic E-state index is 4.35. The summed E-state index contributed by atoms with van der Waals surface area (Å²) in [5.74, 6) is 0.756. The first-order chi connectivity index (χ1) is 5.61. The van der Waals surface area contributed by atoms with Crippen molar-refractivity contribution in [2.75, 3.05) is 0 Å². The van der Waals surface area contributed by atoms with E-state index >= 15 is 0 Å². The molecule has 0 aromatic heterocycles. The van der Waals surface area contributed by atoms with Crippen molar-refractivity contribution >= 4 is 21.6 Å². The lowest BCUT2D eigenvalue weighted by molar-refractivity contribution is 1.17. The molecule has 0 radical (unpaired) electrons. The van der Waals surface area contributed by atoms with Crippen molar-refractivity contribution in [1.29, 1.82) is 0 Å². The number of halogens is 1. The van der Waals surface area contributed by atoms with Crippen LogP contribution in [0.2, 0.25) is 0 Å². The lowest BCUT2D eigenvalue weighted by Crippen LogP contribution is -1.91. The van der Waals surface area contributed by atoms with Gasteiger partial charge in [0.1, 0.15) is 0 Å². The second-order valence-electron chi connectivity index (χ2n) is 3.30. The lowest BCUT2D eigenvalue weighted by Gasteiger charge is -1.95. The zero-order valence-corrected chi connectivity index (χ0v) is 9.19. The van der Waals surface area contributed by atoms with Crippen LogP contribution in [-0.2, 0) is 0 Å². The topological polar surface area (TPSA) is 12.4 Å². The van der Waals surface area contributed by atoms with Crippen molar-refractivity contribution in [3.63, 3.8) is 0 Å². The molecule has 0 bridgehead atoms. The van der Waals surface area contributed by atoms with Gasteiger partial charge in [0.05, 0.1) is 0 Å². The normalized spacial score (nSPS) is 19.6. The molecule has 0 N–H and O–H groups in total. The fourth-order valence-electron chi connectivity index (χ4n) is 0.875. The van der Waals surface area contributed by atoms with Crippen LogP contribution in [0.25, 0.3) is 0 Å². The minimum atomic E-state index is 0.756. The highest BCUT2D eigenvalue weighted by molar-refractivity contribution is 9.11. The molecule has 1 aliphatic rings. The Morgan fingerprint density at radius 1 is 1.50 bits per heavy atom. The molecule has 1 rings (SSSR count). The smallest absolute Gasteiger partial charge is 0.0411 e. The first kappa shape index (κ1) is 9.72. The van der Waals surface area contributed by atoms with E-state index in [1.165, 1.54) is 18.6 Å². The summed E-state index contributed by atoms with van der Waals surface area (Å²) in [6.07, 6.45) is 4.47. The Labute approximate surface area is 82.4 Å². The van der Waals surface area contributed by atoms with Crippen LogP contribution in [0.1, 0.15) is 26.7 Å². The van der Waals surface area contributed by atoms with Crippen molar-refractivity contribution < 1.29 is 0 Å². The fraction of sp³-hybridized carbons (Fsp3) is 0.500. The van der Waals surface area contributed by atoms with Crippen LogP contribution in [0.4, 0.5) is 0 Å². The van der Waals surface area contributed by atoms with E-state index in [1.54, 1.807) is 0 Å². The first-order valence-electron chi connectivity index (χ1n) is 4.17. The molecule has 12 heavy (non-hydrogen) atoms. The standard InChI is InChI=1S/C10H14BrN/c1-7(2)10(11)6-12-8(3)9-4-5-9/h6,9H,1,4-5H2,2-3H3/b10-6+,12-8+. The Hall–Kier alpha value is -0.370. The SMILES string of the molecule is C=C(C)/C(Br)=C\N=C(/C)C1CC1. The van der Waals surface area contributed by atoms with Crippen LogP contribution in [0.5, 0.6) is 0 Å². The summed E-state index contributed by atoms with van der Waals surface area (Å²) in [4.78, 5) is 4.35. The molecule has 0 spiro atoms. The van der Waals surface area contributed by atoms with E-state index in [0.717, 1.165) is 16.0 Å². The maximum atomic E-state index is 4.35. The van der Waals surface area contributed by atoms with Crippen LogP contribution in [0.15, 0.2) is 27.8 Å². The molecule has 0 atom stereocenters. The van der Waals surface area contributed by atoms with Gasteiger partial charge in [-0.05, 0) is 54.1 Å². The van der Waals surface area contributed by atoms with Gasteiger partial charge >= 0.3 is 0 Å². The van der Waals surface area contributed by atoms with E-state index in [-0.39, 0.29) is 0 Å². The molecule has 1 aliphatic carbocycles. The minimum Gasteiger partial charge on any atom is -0.264 e. The monoisotopic (exact) mass is 227 g/mol. The van der Waals surface area contributed by atoms with E-state index in [2.05, 4.69) is 34.4 Å². The zero-order valence-electron chi connectivity index (χ0n) is 7.60. The third kappa shape index (κ3) is 2.94. The zero-order chi connectivity index (χ0) is 9.14. The second-order valence-corrected chi connectivity index (χ2v) is 4.16. The number of hydrogen-bond donors (Lipinski definition) is 0. The van der Waals surface area contributed by atoms with Gasteiger partial charge in [0.15, 0.2) is 0 Å². The van der Waals surface area contributed by atoms with Gasteiger partial charge in [0.25, 0.3) is 0 Å². The van der Waals surface area contributed by atoms with E-state index in [9.17, 15) is 0 Å². The van der Waals surface area contributed by atoms with Gasteiger partial charge in [-0.25, -0.2) is 0 Å². The van der Waals surface area contributed by atoms with Crippen LogP contribution in [0, 0.1) is 5.92 Å². The summed E-state index contributed by atoms with van der Waals surface area (Å²) in [5.41, 5.74) is 2.26. The highest BCUT2D eigenvalue weighted by atomic mass is 79.9. The Morgan fingerprint density at radius 3 is 2.50 bits per heavy atom. The van der Waals surface area contributed by atoms with Gasteiger partial charge in [-0.15, -0.1) is 0 Å². The summed E-state index contributed by atoms with van der Waals surface area (Å²) in [6.45, 7) is 7.86. The van der Waals surface area contributed by atoms with Crippen molar-refractivity contribution in [2.45, 2.75) is 26.7 Å². The summed E-state index contributed by atoms with van der Waals surface area (Å²) in [6, 6.07) is 0. The Morgan fingerprint density at radius 2 is 2.08 bits per heavy atom. The van der Waals surface area contributed by atoms with Gasteiger partial charge in [-0.1, -0.05) is 6.58 Å². The predicted molar refractivity (Wildman–Crippen MR) is 57.7 cm³/mol. The lowest BCUT2D eigenvalue weighted by atomic mass is 10.3. The number of aliphatic imine (C=N–C) groups is 1. The van der Waals surface area contributed by atoms with Crippen molar-refractivity contribution in [1.82, 2.24) is 0 Å². The van der Waals surface area contributed by atoms with Crippen LogP contribution in [0.3, 0.4) is 0 Å². The van der Waals surface area contributed by atoms with Crippen LogP contribution < -0.4 is 0 Å². The number of rotatable bonds is 3. The van der Waals surface area contributed by atoms with E-state index in [1.807, 2.05) is 13.1 Å². The molecule has 1 saturated carbocycles. The number of nitrogens with zero attached hydrogens (tertiary/aromatic N) is 1. The Kier molecular flexibility index (Phi) is 3.27. The second kappa shape index (κ2) is 4.04. The first-order valence-corrected chi connectivity index (χ1v) is 4.96. The fourth-order valence-corrected chi connectivity index (χ4v) is 0.978. The van der Waals surface area contributed by atoms with Crippen molar-refractivity contribution in [3.05, 3.63) is 22.8 Å². The van der Waals surface area contributed by atoms with Gasteiger partial charge in [-0.2, -0.15) is 0 Å². The number of hydrogen-bond acceptors (Lipinski definition) is 1. The molecule has 1 nitrogen and oxygen atoms in total. The molecule has 0 aromatic rings. The molecule has 66 valence electrons. The predicted octanol–water partition coefficient (Wildman–Crippen LogP) is 3.67. The molecular weight excluding hydrogens is 214 g/mol. The van der Waals surface area contributed by atoms with Gasteiger partial charge in [-0.3, -0.25) is 4.99 Å². The van der Waals surface area contributed by atoms with E-state index in [0.29, 0.717) is 0 Å². The highest BCUT2D eigenvalue weighted by Gasteiger charge is 2.23. The van der Waals surface area contributed by atoms with E-state index in [4.69, 9.17) is 0 Å². The molecule has 0 heterocycles. The Balaban J connectivity index is 2.55. The molecule has 0 aromatic carbocycles. The minimum absolute atomic E-state index is 0.756. The number of allylic oxidation sites excluding steroid dienone is 2. The summed E-state index contributed by atoms with van der Waals surface area (Å²) in [5, 5.41) is 0. The molecule has 0 amide bonds. The molecule has 2 heteroatoms. The highest BCUT2D eigenvalue weighted by Crippen LogP contribution is 2.30. The van der Waals surface area contributed by atoms with E-state index < -0.39 is 0 Å². The molecule has 1 fully saturated rings. The third-order valence-corrected chi connectivity index (χ3v) is 2.84. The molecular formula is C10H14BrN. The summed E-state index contributed by atoms with van der Waals surface area (Å²) < 4.78 is 0.988. The molecule has 0 unspecified atom stereocenters. The largest absolute Gasteiger partial charge is 0.264 e. The average Bonchev–Trinajstić information content (AvgIpc) is 2.81. The average molecular weight is 228 g/mol. The molecule has 0 saturated heterocycles. The maximum Gasteiger partial charge on any atom is 0.0411 e. The molecule has 0 aliphatic heterocycles. The van der Waals surface area contributed by atoms with Gasteiger partial charge < -0.3 is 0 Å².